The summed E-state index contributed by atoms with van der Waals surface area (Å²) in [6, 6.07) is 3.82. The van der Waals surface area contributed by atoms with Crippen LogP contribution in [-0.2, 0) is 0 Å². The van der Waals surface area contributed by atoms with Crippen LogP contribution < -0.4 is 0 Å². The summed E-state index contributed by atoms with van der Waals surface area (Å²) >= 11 is 1.27. The van der Waals surface area contributed by atoms with Crippen LogP contribution in [0.25, 0.3) is 10.4 Å². The van der Waals surface area contributed by atoms with Crippen LogP contribution in [0.4, 0.5) is 0 Å². The molecule has 0 atom stereocenters. The second-order valence-electron chi connectivity index (χ2n) is 2.65. The maximum Gasteiger partial charge on any atom is 0.271 e. The highest BCUT2D eigenvalue weighted by Crippen LogP contribution is 2.32. The first-order valence-corrected chi connectivity index (χ1v) is 4.66. The van der Waals surface area contributed by atoms with Gasteiger partial charge in [-0.1, -0.05) is 17.4 Å². The quantitative estimate of drug-likeness (QED) is 0.816. The molecule has 0 saturated heterocycles. The lowest BCUT2D eigenvalue weighted by molar-refractivity contribution is 0.470. The fourth-order valence-electron chi connectivity index (χ4n) is 1.15. The van der Waals surface area contributed by atoms with Gasteiger partial charge < -0.3 is 5.11 Å². The van der Waals surface area contributed by atoms with Crippen molar-refractivity contribution in [2.75, 3.05) is 0 Å². The Bertz CT molecular complexity index is 416. The van der Waals surface area contributed by atoms with E-state index in [4.69, 9.17) is 0 Å². The molecule has 2 rings (SSSR count). The maximum atomic E-state index is 9.18. The van der Waals surface area contributed by atoms with Gasteiger partial charge in [0.2, 0.25) is 0 Å². The Labute approximate surface area is 91.9 Å². The summed E-state index contributed by atoms with van der Waals surface area (Å²) in [5, 5.41) is 9.29. The molecule has 5 heteroatoms. The molecular weight excluding hydrogens is 220 g/mol. The van der Waals surface area contributed by atoms with E-state index < -0.39 is 0 Å². The van der Waals surface area contributed by atoms with E-state index in [1.807, 2.05) is 19.1 Å². The number of nitrogens with zero attached hydrogens (tertiary/aromatic N) is 2. The van der Waals surface area contributed by atoms with Gasteiger partial charge in [-0.2, -0.15) is 0 Å². The van der Waals surface area contributed by atoms with Gasteiger partial charge in [0.25, 0.3) is 5.19 Å². The first-order valence-electron chi connectivity index (χ1n) is 3.84. The summed E-state index contributed by atoms with van der Waals surface area (Å²) < 4.78 is 0. The molecule has 14 heavy (non-hydrogen) atoms. The van der Waals surface area contributed by atoms with Crippen molar-refractivity contribution in [2.45, 2.75) is 6.92 Å². The maximum absolute atomic E-state index is 9.18. The number of halogens is 1. The van der Waals surface area contributed by atoms with Crippen LogP contribution in [0.1, 0.15) is 5.69 Å². The predicted octanol–water partition coefficient (Wildman–Crippen LogP) is 2.64. The summed E-state index contributed by atoms with van der Waals surface area (Å²) in [6.07, 6.45) is 3.49. The average Bonchev–Trinajstić information content (AvgIpc) is 2.47. The van der Waals surface area contributed by atoms with Crippen molar-refractivity contribution in [1.29, 1.82) is 0 Å². The zero-order valence-electron chi connectivity index (χ0n) is 7.47. The van der Waals surface area contributed by atoms with Crippen molar-refractivity contribution in [1.82, 2.24) is 9.97 Å². The molecule has 0 aromatic carbocycles. The normalized spacial score (nSPS) is 9.50. The van der Waals surface area contributed by atoms with Crippen LogP contribution in [0.15, 0.2) is 24.5 Å². The lowest BCUT2D eigenvalue weighted by Gasteiger charge is -1.94. The van der Waals surface area contributed by atoms with E-state index >= 15 is 0 Å². The van der Waals surface area contributed by atoms with Crippen LogP contribution in [0.3, 0.4) is 0 Å². The predicted molar refractivity (Wildman–Crippen MR) is 59.0 cm³/mol. The van der Waals surface area contributed by atoms with Crippen LogP contribution in [0.5, 0.6) is 5.19 Å². The number of aromatic nitrogens is 2. The second-order valence-corrected chi connectivity index (χ2v) is 3.63. The molecule has 0 bridgehead atoms. The molecule has 74 valence electrons. The zero-order valence-corrected chi connectivity index (χ0v) is 9.10. The number of aromatic hydroxyl groups is 1. The van der Waals surface area contributed by atoms with Crippen LogP contribution >= 0.6 is 23.7 Å². The first kappa shape index (κ1) is 10.9. The fourth-order valence-corrected chi connectivity index (χ4v) is 1.94. The molecule has 0 saturated carbocycles. The molecule has 0 fully saturated rings. The number of rotatable bonds is 1. The first-order chi connectivity index (χ1) is 6.27. The summed E-state index contributed by atoms with van der Waals surface area (Å²) in [5.74, 6) is 0. The largest absolute Gasteiger partial charge is 0.486 e. The third-order valence-corrected chi connectivity index (χ3v) is 2.72. The van der Waals surface area contributed by atoms with E-state index in [2.05, 4.69) is 9.97 Å². The molecule has 0 aliphatic heterocycles. The molecule has 0 unspecified atom stereocenters. The summed E-state index contributed by atoms with van der Waals surface area (Å²) in [7, 11) is 0. The summed E-state index contributed by atoms with van der Waals surface area (Å²) in [4.78, 5) is 8.92. The van der Waals surface area contributed by atoms with Crippen molar-refractivity contribution in [3.63, 3.8) is 0 Å². The minimum Gasteiger partial charge on any atom is -0.486 e. The summed E-state index contributed by atoms with van der Waals surface area (Å²) in [5.41, 5.74) is 1.84. The Morgan fingerprint density at radius 3 is 2.71 bits per heavy atom. The smallest absolute Gasteiger partial charge is 0.271 e. The average molecular weight is 229 g/mol. The number of thiazole rings is 1. The lowest BCUT2D eigenvalue weighted by Crippen LogP contribution is -1.78. The Balaban J connectivity index is 0.000000980. The van der Waals surface area contributed by atoms with Gasteiger partial charge in [-0.25, -0.2) is 4.98 Å². The number of pyridine rings is 1. The minimum atomic E-state index is 0. The Kier molecular flexibility index (Phi) is 3.43. The van der Waals surface area contributed by atoms with Crippen molar-refractivity contribution in [3.05, 3.63) is 30.2 Å². The third-order valence-electron chi connectivity index (χ3n) is 1.71. The number of hydrogen-bond donors (Lipinski definition) is 1. The van der Waals surface area contributed by atoms with Gasteiger partial charge in [0, 0.05) is 18.0 Å². The van der Waals surface area contributed by atoms with Gasteiger partial charge >= 0.3 is 0 Å². The van der Waals surface area contributed by atoms with E-state index in [1.165, 1.54) is 11.3 Å². The Hall–Kier alpha value is -1.13. The minimum absolute atomic E-state index is 0. The molecule has 0 spiro atoms. The van der Waals surface area contributed by atoms with E-state index in [9.17, 15) is 5.11 Å². The highest BCUT2D eigenvalue weighted by atomic mass is 35.5. The van der Waals surface area contributed by atoms with Crippen LogP contribution in [-0.4, -0.2) is 15.1 Å². The third kappa shape index (κ3) is 2.02. The topological polar surface area (TPSA) is 46.0 Å². The van der Waals surface area contributed by atoms with Crippen molar-refractivity contribution in [3.8, 4) is 15.6 Å². The van der Waals surface area contributed by atoms with E-state index in [0.717, 1.165) is 16.1 Å². The molecular formula is C9H9ClN2OS. The fraction of sp³-hybridized carbons (Fsp3) is 0.111. The number of aryl methyl sites for hydroxylation is 1. The van der Waals surface area contributed by atoms with Gasteiger partial charge in [0.1, 0.15) is 0 Å². The van der Waals surface area contributed by atoms with E-state index in [1.54, 1.807) is 12.4 Å². The van der Waals surface area contributed by atoms with Gasteiger partial charge in [-0.05, 0) is 13.0 Å². The standard InChI is InChI=1S/C9H8N2OS.ClH/c1-6-8(13-9(12)11-6)7-3-2-4-10-5-7;/h2-5H,1H3,(H,11,12);1H. The Morgan fingerprint density at radius 1 is 1.43 bits per heavy atom. The SMILES string of the molecule is Cc1nc(O)sc1-c1cccnc1.Cl. The Morgan fingerprint density at radius 2 is 2.21 bits per heavy atom. The van der Waals surface area contributed by atoms with E-state index in [-0.39, 0.29) is 17.6 Å². The molecule has 2 aromatic heterocycles. The van der Waals surface area contributed by atoms with E-state index in [0.29, 0.717) is 0 Å². The van der Waals surface area contributed by atoms with Crippen LogP contribution in [0, 0.1) is 6.92 Å². The lowest BCUT2D eigenvalue weighted by atomic mass is 10.2. The molecule has 2 aromatic rings. The zero-order chi connectivity index (χ0) is 9.26. The molecule has 2 heterocycles. The van der Waals surface area contributed by atoms with Crippen molar-refractivity contribution < 1.29 is 5.11 Å². The van der Waals surface area contributed by atoms with Crippen LogP contribution in [0.2, 0.25) is 0 Å². The highest BCUT2D eigenvalue weighted by molar-refractivity contribution is 7.16. The van der Waals surface area contributed by atoms with Gasteiger partial charge in [0.05, 0.1) is 10.6 Å². The van der Waals surface area contributed by atoms with Crippen molar-refractivity contribution in [2.24, 2.45) is 0 Å². The highest BCUT2D eigenvalue weighted by Gasteiger charge is 2.07. The molecule has 0 amide bonds. The molecule has 0 radical (unpaired) electrons. The van der Waals surface area contributed by atoms with Crippen molar-refractivity contribution >= 4 is 23.7 Å². The monoisotopic (exact) mass is 228 g/mol. The summed E-state index contributed by atoms with van der Waals surface area (Å²) in [6.45, 7) is 1.87. The van der Waals surface area contributed by atoms with Gasteiger partial charge in [-0.15, -0.1) is 12.4 Å². The molecule has 0 aliphatic carbocycles. The molecule has 1 N–H and O–H groups in total. The number of hydrogen-bond acceptors (Lipinski definition) is 4. The second kappa shape index (κ2) is 4.39. The molecule has 0 aliphatic rings. The van der Waals surface area contributed by atoms with Gasteiger partial charge in [0.15, 0.2) is 0 Å². The van der Waals surface area contributed by atoms with Gasteiger partial charge in [-0.3, -0.25) is 4.98 Å². The molecule has 3 nitrogen and oxygen atoms in total.